The molecule has 61 heavy (non-hydrogen) atoms. The Bertz CT molecular complexity index is 1310. The molecule has 0 aromatic rings. The van der Waals surface area contributed by atoms with E-state index in [9.17, 15) is 19.5 Å². The van der Waals surface area contributed by atoms with Crippen LogP contribution in [0.25, 0.3) is 0 Å². The summed E-state index contributed by atoms with van der Waals surface area (Å²) in [4.78, 5) is 37.1. The van der Waals surface area contributed by atoms with Crippen molar-refractivity contribution in [3.63, 3.8) is 0 Å². The molecule has 0 aromatic carbocycles. The fraction of sp³-hybridized carbons (Fsp3) is 0.642. The summed E-state index contributed by atoms with van der Waals surface area (Å²) in [5.41, 5.74) is 0. The quantitative estimate of drug-likeness (QED) is 0.0283. The number of carboxylic acids is 1. The normalized spacial score (nSPS) is 13.8. The minimum absolute atomic E-state index is 0.0355. The van der Waals surface area contributed by atoms with E-state index in [1.807, 2.05) is 21.1 Å². The van der Waals surface area contributed by atoms with Crippen LogP contribution in [0.15, 0.2) is 97.2 Å². The lowest BCUT2D eigenvalue weighted by molar-refractivity contribution is -0.887. The number of ether oxygens (including phenoxy) is 3. The van der Waals surface area contributed by atoms with Gasteiger partial charge in [-0.1, -0.05) is 150 Å². The summed E-state index contributed by atoms with van der Waals surface area (Å²) in [6, 6.07) is -0.630. The Balaban J connectivity index is 4.40. The van der Waals surface area contributed by atoms with E-state index in [0.717, 1.165) is 103 Å². The second-order valence-corrected chi connectivity index (χ2v) is 16.6. The van der Waals surface area contributed by atoms with E-state index in [-0.39, 0.29) is 42.7 Å². The first-order chi connectivity index (χ1) is 29.6. The molecular formula is C53H88NO7+. The van der Waals surface area contributed by atoms with Gasteiger partial charge in [-0.05, 0) is 96.3 Å². The van der Waals surface area contributed by atoms with Crippen LogP contribution in [0.1, 0.15) is 168 Å². The van der Waals surface area contributed by atoms with Gasteiger partial charge >= 0.3 is 17.9 Å². The number of hydrogen-bond donors (Lipinski definition) is 1. The fourth-order valence-electron chi connectivity index (χ4n) is 6.30. The van der Waals surface area contributed by atoms with Gasteiger partial charge in [-0.15, -0.1) is 0 Å². The molecule has 0 bridgehead atoms. The Labute approximate surface area is 373 Å². The van der Waals surface area contributed by atoms with E-state index in [4.69, 9.17) is 14.2 Å². The highest BCUT2D eigenvalue weighted by molar-refractivity contribution is 5.72. The molecule has 0 heterocycles. The molecule has 346 valence electrons. The summed E-state index contributed by atoms with van der Waals surface area (Å²) >= 11 is 0. The summed E-state index contributed by atoms with van der Waals surface area (Å²) in [7, 11) is 5.50. The van der Waals surface area contributed by atoms with Crippen molar-refractivity contribution < 1.29 is 38.2 Å². The predicted molar refractivity (Wildman–Crippen MR) is 256 cm³/mol. The smallest absolute Gasteiger partial charge is 0.362 e. The summed E-state index contributed by atoms with van der Waals surface area (Å²) in [6.45, 7) is 4.52. The van der Waals surface area contributed by atoms with Crippen LogP contribution >= 0.6 is 0 Å². The van der Waals surface area contributed by atoms with Crippen molar-refractivity contribution in [2.75, 3.05) is 41.0 Å². The molecule has 0 aliphatic rings. The molecule has 1 N–H and O–H groups in total. The number of likely N-dealkylation sites (N-methyl/N-ethyl adjacent to an activating group) is 1. The van der Waals surface area contributed by atoms with Gasteiger partial charge in [0, 0.05) is 19.3 Å². The SMILES string of the molecule is CC/C=C/C/C=C/C/C=C/C/C=C/CCCCCC(=O)OC(COCCC(C(=O)O)[N+](C)(C)C)COC(=O)CCCCCCC/C=C/C/C=C/C/C=C/C/C=C/CCCCC. The minimum Gasteiger partial charge on any atom is -0.477 e. The summed E-state index contributed by atoms with van der Waals surface area (Å²) in [5.74, 6) is -1.54. The second-order valence-electron chi connectivity index (χ2n) is 16.6. The number of unbranched alkanes of at least 4 members (excludes halogenated alkanes) is 11. The molecule has 0 amide bonds. The molecular weight excluding hydrogens is 763 g/mol. The van der Waals surface area contributed by atoms with Crippen LogP contribution in [0.5, 0.6) is 0 Å². The molecule has 0 saturated carbocycles. The van der Waals surface area contributed by atoms with Crippen molar-refractivity contribution in [3.05, 3.63) is 97.2 Å². The first-order valence-electron chi connectivity index (χ1n) is 23.8. The largest absolute Gasteiger partial charge is 0.477 e. The number of allylic oxidation sites excluding steroid dienone is 16. The minimum atomic E-state index is -0.888. The number of carboxylic acid groups (broad SMARTS) is 1. The van der Waals surface area contributed by atoms with Crippen LogP contribution in [0.4, 0.5) is 0 Å². The topological polar surface area (TPSA) is 99.1 Å². The lowest BCUT2D eigenvalue weighted by Crippen LogP contribution is -2.50. The third-order valence-electron chi connectivity index (χ3n) is 9.97. The maximum absolute atomic E-state index is 12.7. The molecule has 0 rings (SSSR count). The van der Waals surface area contributed by atoms with Gasteiger partial charge in [0.1, 0.15) is 6.61 Å². The number of hydrogen-bond acceptors (Lipinski definition) is 6. The Kier molecular flexibility index (Phi) is 40.3. The zero-order chi connectivity index (χ0) is 44.9. The van der Waals surface area contributed by atoms with E-state index < -0.39 is 18.1 Å². The van der Waals surface area contributed by atoms with Crippen molar-refractivity contribution in [2.45, 2.75) is 180 Å². The van der Waals surface area contributed by atoms with Gasteiger partial charge in [0.25, 0.3) is 0 Å². The Morgan fingerprint density at radius 1 is 0.508 bits per heavy atom. The third kappa shape index (κ3) is 41.4. The summed E-state index contributed by atoms with van der Waals surface area (Å²) in [6.07, 6.45) is 57.4. The average Bonchev–Trinajstić information content (AvgIpc) is 3.22. The van der Waals surface area contributed by atoms with Crippen LogP contribution in [0, 0.1) is 0 Å². The standard InChI is InChI=1S/C53H87NO7/c1-6-8-10-12-14-16-18-20-22-24-25-26-27-28-30-31-33-35-37-39-41-43-51(55)60-48-49(47-59-46-45-50(53(57)58)54(3,4)5)61-52(56)44-42-40-38-36-34-32-29-23-21-19-17-15-13-11-9-7-2/h9,11,14-17,20-23,25-26,28,30,32,34,49-50H,6-8,10,12-13,18-19,24,27,29,31,33,35-48H2,1-5H3/p+1/b11-9+,16-14+,17-15+,22-20+,23-21+,26-25+,30-28+,34-32+. The number of aliphatic carboxylic acids is 1. The van der Waals surface area contributed by atoms with Crippen molar-refractivity contribution in [1.82, 2.24) is 0 Å². The molecule has 0 aliphatic carbocycles. The Morgan fingerprint density at radius 3 is 1.38 bits per heavy atom. The first kappa shape index (κ1) is 57.2. The average molecular weight is 851 g/mol. The molecule has 0 fully saturated rings. The number of quaternary nitrogens is 1. The van der Waals surface area contributed by atoms with Gasteiger partial charge in [0.15, 0.2) is 12.1 Å². The zero-order valence-electron chi connectivity index (χ0n) is 39.3. The third-order valence-corrected chi connectivity index (χ3v) is 9.97. The lowest BCUT2D eigenvalue weighted by Gasteiger charge is -2.31. The van der Waals surface area contributed by atoms with Gasteiger partial charge < -0.3 is 23.8 Å². The second kappa shape index (κ2) is 42.9. The molecule has 2 unspecified atom stereocenters. The molecule has 0 saturated heterocycles. The maximum Gasteiger partial charge on any atom is 0.362 e. The molecule has 0 spiro atoms. The number of rotatable bonds is 41. The highest BCUT2D eigenvalue weighted by atomic mass is 16.6. The zero-order valence-corrected chi connectivity index (χ0v) is 39.3. The summed E-state index contributed by atoms with van der Waals surface area (Å²) in [5, 5.41) is 9.64. The van der Waals surface area contributed by atoms with Crippen molar-refractivity contribution in [3.8, 4) is 0 Å². The van der Waals surface area contributed by atoms with E-state index in [1.54, 1.807) is 0 Å². The van der Waals surface area contributed by atoms with E-state index in [0.29, 0.717) is 19.3 Å². The fourth-order valence-corrected chi connectivity index (χ4v) is 6.30. The van der Waals surface area contributed by atoms with Gasteiger partial charge in [-0.25, -0.2) is 4.79 Å². The van der Waals surface area contributed by atoms with Crippen molar-refractivity contribution in [2.24, 2.45) is 0 Å². The molecule has 2 atom stereocenters. The highest BCUT2D eigenvalue weighted by Gasteiger charge is 2.31. The predicted octanol–water partition coefficient (Wildman–Crippen LogP) is 13.5. The molecule has 0 aromatic heterocycles. The molecule has 8 nitrogen and oxygen atoms in total. The molecule has 0 radical (unpaired) electrons. The Morgan fingerprint density at radius 2 is 0.918 bits per heavy atom. The number of carbonyl (C=O) groups is 3. The lowest BCUT2D eigenvalue weighted by atomic mass is 10.1. The highest BCUT2D eigenvalue weighted by Crippen LogP contribution is 2.12. The van der Waals surface area contributed by atoms with Gasteiger partial charge in [0.2, 0.25) is 0 Å². The van der Waals surface area contributed by atoms with Crippen LogP contribution in [0.2, 0.25) is 0 Å². The van der Waals surface area contributed by atoms with E-state index in [1.165, 1.54) is 25.7 Å². The number of nitrogens with zero attached hydrogens (tertiary/aromatic N) is 1. The van der Waals surface area contributed by atoms with Gasteiger partial charge in [-0.3, -0.25) is 9.59 Å². The van der Waals surface area contributed by atoms with Crippen LogP contribution in [0.3, 0.4) is 0 Å². The van der Waals surface area contributed by atoms with Gasteiger partial charge in [-0.2, -0.15) is 0 Å². The number of carbonyl (C=O) groups excluding carboxylic acids is 2. The monoisotopic (exact) mass is 851 g/mol. The van der Waals surface area contributed by atoms with E-state index >= 15 is 0 Å². The van der Waals surface area contributed by atoms with Crippen LogP contribution < -0.4 is 0 Å². The first-order valence-corrected chi connectivity index (χ1v) is 23.8. The molecule has 8 heteroatoms. The Hall–Kier alpha value is -3.75. The number of esters is 2. The maximum atomic E-state index is 12.7. The van der Waals surface area contributed by atoms with Crippen LogP contribution in [-0.4, -0.2) is 80.6 Å². The summed E-state index contributed by atoms with van der Waals surface area (Å²) < 4.78 is 17.3. The van der Waals surface area contributed by atoms with Gasteiger partial charge in [0.05, 0.1) is 34.4 Å². The molecule has 0 aliphatic heterocycles. The van der Waals surface area contributed by atoms with Crippen molar-refractivity contribution in [1.29, 1.82) is 0 Å². The van der Waals surface area contributed by atoms with Crippen molar-refractivity contribution >= 4 is 17.9 Å². The van der Waals surface area contributed by atoms with Crippen LogP contribution in [-0.2, 0) is 28.6 Å². The van der Waals surface area contributed by atoms with E-state index in [2.05, 4.69) is 111 Å².